The molecule has 162 valence electrons. The summed E-state index contributed by atoms with van der Waals surface area (Å²) in [4.78, 5) is 26.5. The number of hydrogen-bond donors (Lipinski definition) is 0. The highest BCUT2D eigenvalue weighted by molar-refractivity contribution is 5.86. The molecule has 1 aromatic heterocycles. The Morgan fingerprint density at radius 1 is 1.23 bits per heavy atom. The van der Waals surface area contributed by atoms with Crippen molar-refractivity contribution in [1.29, 1.82) is 0 Å². The maximum absolute atomic E-state index is 12.1. The van der Waals surface area contributed by atoms with Crippen LogP contribution in [0.1, 0.15) is 48.8 Å². The van der Waals surface area contributed by atoms with E-state index < -0.39 is 0 Å². The summed E-state index contributed by atoms with van der Waals surface area (Å²) in [6, 6.07) is 4.00. The van der Waals surface area contributed by atoms with Gasteiger partial charge < -0.3 is 18.6 Å². The minimum absolute atomic E-state index is 0.252. The fraction of sp³-hybridized carbons (Fsp3) is 0.565. The largest absolute Gasteiger partial charge is 0.477 e. The van der Waals surface area contributed by atoms with Crippen LogP contribution >= 0.6 is 0 Å². The molecule has 0 bridgehead atoms. The molecule has 2 aliphatic rings. The smallest absolute Gasteiger partial charge is 0.336 e. The van der Waals surface area contributed by atoms with E-state index in [4.69, 9.17) is 18.6 Å². The number of benzene rings is 1. The van der Waals surface area contributed by atoms with Crippen LogP contribution in [0.25, 0.3) is 11.0 Å². The second kappa shape index (κ2) is 9.18. The first-order valence-corrected chi connectivity index (χ1v) is 10.7. The van der Waals surface area contributed by atoms with E-state index in [1.807, 2.05) is 13.0 Å². The van der Waals surface area contributed by atoms with Gasteiger partial charge in [-0.15, -0.1) is 0 Å². The summed E-state index contributed by atoms with van der Waals surface area (Å²) in [5.74, 6) is 0.482. The van der Waals surface area contributed by atoms with Gasteiger partial charge >= 0.3 is 11.6 Å². The van der Waals surface area contributed by atoms with E-state index >= 15 is 0 Å². The van der Waals surface area contributed by atoms with Crippen molar-refractivity contribution in [3.05, 3.63) is 39.2 Å². The lowest BCUT2D eigenvalue weighted by atomic mass is 9.97. The highest BCUT2D eigenvalue weighted by Gasteiger charge is 2.30. The second-order valence-corrected chi connectivity index (χ2v) is 8.14. The number of nitrogens with zero attached hydrogens (tertiary/aromatic N) is 1. The molecule has 1 saturated carbocycles. The van der Waals surface area contributed by atoms with Gasteiger partial charge in [0.15, 0.2) is 0 Å². The topological polar surface area (TPSA) is 78.2 Å². The van der Waals surface area contributed by atoms with Gasteiger partial charge in [-0.3, -0.25) is 9.69 Å². The van der Waals surface area contributed by atoms with Crippen LogP contribution in [-0.2, 0) is 27.2 Å². The van der Waals surface area contributed by atoms with Crippen molar-refractivity contribution in [2.24, 2.45) is 0 Å². The molecule has 0 radical (unpaired) electrons. The zero-order chi connectivity index (χ0) is 21.1. The quantitative estimate of drug-likeness (QED) is 0.390. The van der Waals surface area contributed by atoms with Gasteiger partial charge in [0, 0.05) is 37.6 Å². The van der Waals surface area contributed by atoms with Crippen LogP contribution in [0.5, 0.6) is 5.75 Å². The number of rotatable bonds is 7. The molecule has 30 heavy (non-hydrogen) atoms. The van der Waals surface area contributed by atoms with E-state index in [1.165, 1.54) is 31.7 Å². The molecule has 0 N–H and O–H groups in total. The minimum Gasteiger partial charge on any atom is -0.477 e. The number of methoxy groups -OCH3 is 1. The molecule has 1 fully saturated rings. The standard InChI is InChI=1S/C23H29NO6/c1-15-11-21(26)30-23-18(15)12-16(7-8-20(25)28-10-9-27-2)22-19(23)13-24(14-29-22)17-5-3-4-6-17/h11-12,17H,3-10,13-14H2,1-2H3. The summed E-state index contributed by atoms with van der Waals surface area (Å²) in [7, 11) is 1.57. The van der Waals surface area contributed by atoms with Crippen LogP contribution in [0.15, 0.2) is 21.3 Å². The minimum atomic E-state index is -0.352. The zero-order valence-electron chi connectivity index (χ0n) is 17.7. The Morgan fingerprint density at radius 2 is 2.03 bits per heavy atom. The molecule has 0 unspecified atom stereocenters. The SMILES string of the molecule is COCCOC(=O)CCc1cc2c(C)cc(=O)oc2c2c1OCN(C1CCCC1)C2. The number of fused-ring (bicyclic) bond motifs is 3. The van der Waals surface area contributed by atoms with Crippen molar-refractivity contribution in [3.63, 3.8) is 0 Å². The lowest BCUT2D eigenvalue weighted by molar-refractivity contribution is -0.144. The maximum Gasteiger partial charge on any atom is 0.336 e. The molecule has 2 aromatic rings. The van der Waals surface area contributed by atoms with Gasteiger partial charge in [-0.1, -0.05) is 12.8 Å². The van der Waals surface area contributed by atoms with Gasteiger partial charge in [0.25, 0.3) is 0 Å². The van der Waals surface area contributed by atoms with Crippen LogP contribution in [0.3, 0.4) is 0 Å². The molecule has 0 amide bonds. The average molecular weight is 415 g/mol. The monoisotopic (exact) mass is 415 g/mol. The third kappa shape index (κ3) is 4.37. The number of ether oxygens (including phenoxy) is 3. The molecule has 1 aliphatic heterocycles. The molecular weight excluding hydrogens is 386 g/mol. The number of esters is 1. The Morgan fingerprint density at radius 3 is 2.80 bits per heavy atom. The predicted octanol–water partition coefficient (Wildman–Crippen LogP) is 3.32. The molecule has 4 rings (SSSR count). The summed E-state index contributed by atoms with van der Waals surface area (Å²) < 4.78 is 21.9. The first-order chi connectivity index (χ1) is 14.6. The van der Waals surface area contributed by atoms with E-state index in [-0.39, 0.29) is 24.6 Å². The summed E-state index contributed by atoms with van der Waals surface area (Å²) >= 11 is 0. The van der Waals surface area contributed by atoms with Crippen LogP contribution in [0.2, 0.25) is 0 Å². The lowest BCUT2D eigenvalue weighted by Gasteiger charge is -2.34. The maximum atomic E-state index is 12.1. The summed E-state index contributed by atoms with van der Waals surface area (Å²) in [5.41, 5.74) is 2.98. The average Bonchev–Trinajstić information content (AvgIpc) is 3.27. The molecule has 1 aromatic carbocycles. The van der Waals surface area contributed by atoms with Crippen molar-refractivity contribution in [2.75, 3.05) is 27.1 Å². The molecule has 7 heteroatoms. The van der Waals surface area contributed by atoms with Gasteiger partial charge in [0.1, 0.15) is 24.7 Å². The molecule has 1 aliphatic carbocycles. The number of hydrogen-bond acceptors (Lipinski definition) is 7. The van der Waals surface area contributed by atoms with Crippen LogP contribution in [0, 0.1) is 6.92 Å². The van der Waals surface area contributed by atoms with Crippen molar-refractivity contribution < 1.29 is 23.4 Å². The molecule has 0 saturated heterocycles. The van der Waals surface area contributed by atoms with Crippen LogP contribution in [-0.4, -0.2) is 44.0 Å². The molecular formula is C23H29NO6. The third-order valence-corrected chi connectivity index (χ3v) is 6.09. The van der Waals surface area contributed by atoms with Crippen molar-refractivity contribution >= 4 is 16.9 Å². The normalized spacial score (nSPS) is 17.1. The fourth-order valence-corrected chi connectivity index (χ4v) is 4.52. The first kappa shape index (κ1) is 20.9. The fourth-order valence-electron chi connectivity index (χ4n) is 4.52. The molecule has 2 heterocycles. The summed E-state index contributed by atoms with van der Waals surface area (Å²) in [5, 5.41) is 0.896. The number of carbonyl (C=O) groups is 1. The zero-order valence-corrected chi connectivity index (χ0v) is 17.7. The van der Waals surface area contributed by atoms with Crippen molar-refractivity contribution in [1.82, 2.24) is 4.90 Å². The van der Waals surface area contributed by atoms with Gasteiger partial charge in [0.05, 0.1) is 12.2 Å². The summed E-state index contributed by atoms with van der Waals surface area (Å²) in [6.45, 7) is 3.75. The van der Waals surface area contributed by atoms with E-state index in [0.29, 0.717) is 37.9 Å². The number of carbonyl (C=O) groups excluding carboxylic acids is 1. The summed E-state index contributed by atoms with van der Waals surface area (Å²) in [6.07, 6.45) is 5.60. The predicted molar refractivity (Wildman–Crippen MR) is 112 cm³/mol. The molecule has 7 nitrogen and oxygen atoms in total. The van der Waals surface area contributed by atoms with E-state index in [1.54, 1.807) is 7.11 Å². The van der Waals surface area contributed by atoms with Crippen molar-refractivity contribution in [3.8, 4) is 5.75 Å². The molecule has 0 atom stereocenters. The Balaban J connectivity index is 1.64. The van der Waals surface area contributed by atoms with Crippen LogP contribution in [0.4, 0.5) is 0 Å². The molecule has 0 spiro atoms. The second-order valence-electron chi connectivity index (χ2n) is 8.14. The Labute approximate surface area is 175 Å². The van der Waals surface area contributed by atoms with E-state index in [9.17, 15) is 9.59 Å². The Hall–Kier alpha value is -2.38. The van der Waals surface area contributed by atoms with Gasteiger partial charge in [0.2, 0.25) is 0 Å². The van der Waals surface area contributed by atoms with Gasteiger partial charge in [-0.25, -0.2) is 4.79 Å². The van der Waals surface area contributed by atoms with Crippen molar-refractivity contribution in [2.45, 2.75) is 58.0 Å². The Kier molecular flexibility index (Phi) is 6.39. The van der Waals surface area contributed by atoms with E-state index in [2.05, 4.69) is 4.90 Å². The van der Waals surface area contributed by atoms with Gasteiger partial charge in [-0.05, 0) is 43.4 Å². The van der Waals surface area contributed by atoms with E-state index in [0.717, 1.165) is 27.8 Å². The van der Waals surface area contributed by atoms with Crippen LogP contribution < -0.4 is 10.4 Å². The highest BCUT2D eigenvalue weighted by atomic mass is 16.6. The van der Waals surface area contributed by atoms with Gasteiger partial charge in [-0.2, -0.15) is 0 Å². The third-order valence-electron chi connectivity index (χ3n) is 6.09. The lowest BCUT2D eigenvalue weighted by Crippen LogP contribution is -2.39. The first-order valence-electron chi connectivity index (χ1n) is 10.7. The number of aryl methyl sites for hydroxylation is 2. The highest BCUT2D eigenvalue weighted by Crippen LogP contribution is 2.39. The Bertz CT molecular complexity index is 976.